The molecule has 1 aromatic rings. The lowest BCUT2D eigenvalue weighted by Gasteiger charge is -2.38. The summed E-state index contributed by atoms with van der Waals surface area (Å²) >= 11 is 5.90. The van der Waals surface area contributed by atoms with Gasteiger partial charge in [-0.25, -0.2) is 0 Å². The van der Waals surface area contributed by atoms with Gasteiger partial charge in [0.2, 0.25) is 0 Å². The molecular weight excluding hydrogens is 252 g/mol. The third-order valence-electron chi connectivity index (χ3n) is 3.39. The Hall–Kier alpha value is -1.00. The summed E-state index contributed by atoms with van der Waals surface area (Å²) in [4.78, 5) is 12.2. The monoisotopic (exact) mass is 272 g/mol. The Morgan fingerprint density at radius 3 is 2.44 bits per heavy atom. The van der Waals surface area contributed by atoms with E-state index in [4.69, 9.17) is 11.6 Å². The van der Waals surface area contributed by atoms with Crippen LogP contribution >= 0.6 is 11.6 Å². The average molecular weight is 273 g/mol. The number of hydrogen-bond acceptors (Lipinski definition) is 2. The molecular formula is C13H21ClN2O2. The van der Waals surface area contributed by atoms with Crippen LogP contribution in [-0.4, -0.2) is 26.7 Å². The molecule has 0 radical (unpaired) electrons. The lowest BCUT2D eigenvalue weighted by atomic mass is 9.86. The third kappa shape index (κ3) is 3.06. The number of nitrogens with zero attached hydrogens (tertiary/aromatic N) is 1. The molecule has 2 N–H and O–H groups in total. The second kappa shape index (κ2) is 4.94. The van der Waals surface area contributed by atoms with E-state index in [0.29, 0.717) is 17.3 Å². The summed E-state index contributed by atoms with van der Waals surface area (Å²) in [5.41, 5.74) is -1.25. The van der Waals surface area contributed by atoms with Crippen LogP contribution in [0.15, 0.2) is 12.3 Å². The first-order valence-electron chi connectivity index (χ1n) is 5.99. The van der Waals surface area contributed by atoms with Crippen molar-refractivity contribution in [3.05, 3.63) is 23.0 Å². The van der Waals surface area contributed by atoms with Crippen LogP contribution in [0.1, 0.15) is 45.1 Å². The predicted molar refractivity (Wildman–Crippen MR) is 73.0 cm³/mol. The fourth-order valence-corrected chi connectivity index (χ4v) is 1.65. The molecule has 0 aliphatic heterocycles. The molecule has 0 bridgehead atoms. The summed E-state index contributed by atoms with van der Waals surface area (Å²) in [6, 6.07) is 1.63. The van der Waals surface area contributed by atoms with Crippen LogP contribution in [0.5, 0.6) is 0 Å². The fraction of sp³-hybridized carbons (Fsp3) is 0.615. The number of amides is 1. The highest BCUT2D eigenvalue weighted by atomic mass is 35.5. The molecule has 1 aromatic heterocycles. The number of carbonyl (C=O) groups is 1. The lowest BCUT2D eigenvalue weighted by molar-refractivity contribution is -0.00309. The van der Waals surface area contributed by atoms with E-state index in [-0.39, 0.29) is 5.91 Å². The van der Waals surface area contributed by atoms with Crippen molar-refractivity contribution in [1.29, 1.82) is 0 Å². The lowest BCUT2D eigenvalue weighted by Crippen LogP contribution is -2.57. The molecule has 1 heterocycles. The van der Waals surface area contributed by atoms with Crippen molar-refractivity contribution in [3.63, 3.8) is 0 Å². The molecule has 0 atom stereocenters. The molecule has 1 amide bonds. The van der Waals surface area contributed by atoms with Crippen LogP contribution < -0.4 is 5.32 Å². The van der Waals surface area contributed by atoms with Crippen LogP contribution in [0.25, 0.3) is 0 Å². The number of hydrogen-bond donors (Lipinski definition) is 2. The van der Waals surface area contributed by atoms with Crippen molar-refractivity contribution in [2.75, 3.05) is 0 Å². The van der Waals surface area contributed by atoms with Gasteiger partial charge in [-0.05, 0) is 40.7 Å². The Balaban J connectivity index is 2.96. The molecule has 0 aromatic carbocycles. The Labute approximate surface area is 113 Å². The first kappa shape index (κ1) is 15.1. The van der Waals surface area contributed by atoms with Gasteiger partial charge in [-0.15, -0.1) is 0 Å². The largest absolute Gasteiger partial charge is 0.388 e. The van der Waals surface area contributed by atoms with Gasteiger partial charge in [0.1, 0.15) is 5.69 Å². The summed E-state index contributed by atoms with van der Waals surface area (Å²) < 4.78 is 1.78. The molecule has 0 unspecified atom stereocenters. The van der Waals surface area contributed by atoms with E-state index in [1.54, 1.807) is 44.5 Å². The predicted octanol–water partition coefficient (Wildman–Crippen LogP) is 2.44. The van der Waals surface area contributed by atoms with Gasteiger partial charge >= 0.3 is 0 Å². The molecule has 0 aliphatic rings. The number of halogens is 1. The van der Waals surface area contributed by atoms with Crippen molar-refractivity contribution >= 4 is 17.5 Å². The Morgan fingerprint density at radius 2 is 2.00 bits per heavy atom. The van der Waals surface area contributed by atoms with E-state index in [9.17, 15) is 9.90 Å². The number of aromatic nitrogens is 1. The molecule has 0 saturated heterocycles. The first-order chi connectivity index (χ1) is 8.08. The van der Waals surface area contributed by atoms with Gasteiger partial charge in [-0.3, -0.25) is 4.79 Å². The van der Waals surface area contributed by atoms with Crippen molar-refractivity contribution < 1.29 is 9.90 Å². The van der Waals surface area contributed by atoms with Crippen LogP contribution in [0.3, 0.4) is 0 Å². The zero-order valence-corrected chi connectivity index (χ0v) is 12.3. The summed E-state index contributed by atoms with van der Waals surface area (Å²) in [7, 11) is 0. The molecule has 0 spiro atoms. The minimum atomic E-state index is -1.02. The number of aliphatic hydroxyl groups is 1. The second-order valence-electron chi connectivity index (χ2n) is 5.47. The average Bonchev–Trinajstić information content (AvgIpc) is 2.57. The zero-order chi connectivity index (χ0) is 14.1. The van der Waals surface area contributed by atoms with E-state index in [2.05, 4.69) is 5.32 Å². The molecule has 5 heteroatoms. The summed E-state index contributed by atoms with van der Waals surface area (Å²) in [5.74, 6) is -0.240. The SMILES string of the molecule is CCn1cc(Cl)cc1C(=O)NC(C)(C)C(C)(C)O. The van der Waals surface area contributed by atoms with Crippen molar-refractivity contribution in [3.8, 4) is 0 Å². The van der Waals surface area contributed by atoms with Crippen molar-refractivity contribution in [1.82, 2.24) is 9.88 Å². The topological polar surface area (TPSA) is 54.3 Å². The maximum absolute atomic E-state index is 12.2. The van der Waals surface area contributed by atoms with Gasteiger partial charge in [0, 0.05) is 12.7 Å². The second-order valence-corrected chi connectivity index (χ2v) is 5.90. The van der Waals surface area contributed by atoms with E-state index in [1.165, 1.54) is 0 Å². The van der Waals surface area contributed by atoms with Crippen LogP contribution in [-0.2, 0) is 6.54 Å². The maximum Gasteiger partial charge on any atom is 0.268 e. The van der Waals surface area contributed by atoms with Gasteiger partial charge in [0.15, 0.2) is 0 Å². The van der Waals surface area contributed by atoms with E-state index < -0.39 is 11.1 Å². The minimum Gasteiger partial charge on any atom is -0.388 e. The van der Waals surface area contributed by atoms with Gasteiger partial charge < -0.3 is 15.0 Å². The standard InChI is InChI=1S/C13H21ClN2O2/c1-6-16-8-9(14)7-10(16)11(17)15-12(2,3)13(4,5)18/h7-8,18H,6H2,1-5H3,(H,15,17). The zero-order valence-electron chi connectivity index (χ0n) is 11.5. The van der Waals surface area contributed by atoms with Crippen molar-refractivity contribution in [2.24, 2.45) is 0 Å². The maximum atomic E-state index is 12.2. The normalized spacial score (nSPS) is 12.6. The van der Waals surface area contributed by atoms with Crippen LogP contribution in [0.4, 0.5) is 0 Å². The van der Waals surface area contributed by atoms with Crippen LogP contribution in [0, 0.1) is 0 Å². The minimum absolute atomic E-state index is 0.240. The summed E-state index contributed by atoms with van der Waals surface area (Å²) in [6.45, 7) is 9.50. The molecule has 4 nitrogen and oxygen atoms in total. The van der Waals surface area contributed by atoms with Gasteiger partial charge in [-0.1, -0.05) is 11.6 Å². The Morgan fingerprint density at radius 1 is 1.44 bits per heavy atom. The van der Waals surface area contributed by atoms with Gasteiger partial charge in [-0.2, -0.15) is 0 Å². The first-order valence-corrected chi connectivity index (χ1v) is 6.37. The Kier molecular flexibility index (Phi) is 4.13. The van der Waals surface area contributed by atoms with E-state index >= 15 is 0 Å². The Bertz CT molecular complexity index is 444. The molecule has 102 valence electrons. The molecule has 0 fully saturated rings. The van der Waals surface area contributed by atoms with E-state index in [1.807, 2.05) is 6.92 Å². The van der Waals surface area contributed by atoms with E-state index in [0.717, 1.165) is 0 Å². The van der Waals surface area contributed by atoms with Gasteiger partial charge in [0.05, 0.1) is 16.2 Å². The fourth-order valence-electron chi connectivity index (χ4n) is 1.43. The van der Waals surface area contributed by atoms with Crippen LogP contribution in [0.2, 0.25) is 5.02 Å². The third-order valence-corrected chi connectivity index (χ3v) is 3.60. The number of aryl methyl sites for hydroxylation is 1. The highest BCUT2D eigenvalue weighted by molar-refractivity contribution is 6.31. The number of rotatable bonds is 4. The summed E-state index contributed by atoms with van der Waals surface area (Å²) in [5, 5.41) is 13.4. The summed E-state index contributed by atoms with van der Waals surface area (Å²) in [6.07, 6.45) is 1.72. The highest BCUT2D eigenvalue weighted by Crippen LogP contribution is 2.22. The number of carbonyl (C=O) groups excluding carboxylic acids is 1. The molecule has 0 saturated carbocycles. The quantitative estimate of drug-likeness (QED) is 0.885. The smallest absolute Gasteiger partial charge is 0.268 e. The van der Waals surface area contributed by atoms with Crippen molar-refractivity contribution in [2.45, 2.75) is 52.3 Å². The highest BCUT2D eigenvalue weighted by Gasteiger charge is 2.36. The molecule has 18 heavy (non-hydrogen) atoms. The van der Waals surface area contributed by atoms with Gasteiger partial charge in [0.25, 0.3) is 5.91 Å². The number of nitrogens with one attached hydrogen (secondary N) is 1. The molecule has 0 aliphatic carbocycles. The molecule has 1 rings (SSSR count).